The van der Waals surface area contributed by atoms with Crippen molar-refractivity contribution in [1.29, 1.82) is 0 Å². The number of anilines is 1. The molecule has 0 saturated carbocycles. The molecule has 1 aromatic rings. The Bertz CT molecular complexity index is 235. The zero-order valence-corrected chi connectivity index (χ0v) is 5.76. The third-order valence-corrected chi connectivity index (χ3v) is 1.33. The lowest BCUT2D eigenvalue weighted by Crippen LogP contribution is -1.97. The van der Waals surface area contributed by atoms with Crippen molar-refractivity contribution < 1.29 is 4.39 Å². The maximum Gasteiger partial charge on any atom is 0.167 e. The van der Waals surface area contributed by atoms with Crippen LogP contribution in [0.15, 0.2) is 12.3 Å². The predicted octanol–water partition coefficient (Wildman–Crippen LogP) is 1.37. The van der Waals surface area contributed by atoms with E-state index in [9.17, 15) is 4.39 Å². The van der Waals surface area contributed by atoms with Crippen LogP contribution in [0.25, 0.3) is 0 Å². The molecule has 3 heteroatoms. The Balaban J connectivity index is 3.14. The normalized spacial score (nSPS) is 9.80. The number of nitrogens with zero attached hydrogens (tertiary/aromatic N) is 1. The minimum absolute atomic E-state index is 0.173. The zero-order chi connectivity index (χ0) is 7.56. The van der Waals surface area contributed by atoms with Crippen LogP contribution in [0, 0.1) is 5.82 Å². The topological polar surface area (TPSA) is 38.9 Å². The molecule has 0 unspecified atom stereocenters. The van der Waals surface area contributed by atoms with E-state index in [1.54, 1.807) is 0 Å². The van der Waals surface area contributed by atoms with Gasteiger partial charge in [-0.1, -0.05) is 6.92 Å². The summed E-state index contributed by atoms with van der Waals surface area (Å²) < 4.78 is 12.8. The number of nitrogens with two attached hydrogens (primary N) is 1. The molecule has 1 heterocycles. The summed E-state index contributed by atoms with van der Waals surface area (Å²) >= 11 is 0. The van der Waals surface area contributed by atoms with Crippen LogP contribution < -0.4 is 5.73 Å². The lowest BCUT2D eigenvalue weighted by molar-refractivity contribution is 0.606. The fraction of sp³-hybridized carbons (Fsp3) is 0.286. The molecule has 2 nitrogen and oxygen atoms in total. The van der Waals surface area contributed by atoms with E-state index in [0.29, 0.717) is 12.1 Å². The third kappa shape index (κ3) is 1.07. The molecule has 1 rings (SSSR count). The van der Waals surface area contributed by atoms with Gasteiger partial charge in [-0.15, -0.1) is 0 Å². The lowest BCUT2D eigenvalue weighted by Gasteiger charge is -1.99. The Morgan fingerprint density at radius 3 is 2.90 bits per heavy atom. The molecule has 0 aromatic carbocycles. The second-order valence-electron chi connectivity index (χ2n) is 2.01. The number of rotatable bonds is 1. The highest BCUT2D eigenvalue weighted by Crippen LogP contribution is 2.11. The number of aromatic nitrogens is 1. The van der Waals surface area contributed by atoms with Gasteiger partial charge in [-0.25, -0.2) is 4.39 Å². The van der Waals surface area contributed by atoms with Crippen LogP contribution >= 0.6 is 0 Å². The Morgan fingerprint density at radius 1 is 1.70 bits per heavy atom. The van der Waals surface area contributed by atoms with Crippen LogP contribution in [-0.4, -0.2) is 4.98 Å². The summed E-state index contributed by atoms with van der Waals surface area (Å²) in [5.74, 6) is -0.384. The fourth-order valence-electron chi connectivity index (χ4n) is 0.750. The standard InChI is InChI=1S/C7H9FN2/c1-2-6-7(8)5(9)3-4-10-6/h3-4H,2H2,1H3,(H2,9,10)/i8-1. The lowest BCUT2D eigenvalue weighted by atomic mass is 10.2. The van der Waals surface area contributed by atoms with Gasteiger partial charge in [0.05, 0.1) is 11.4 Å². The van der Waals surface area contributed by atoms with Crippen molar-refractivity contribution in [2.75, 3.05) is 5.73 Å². The molecule has 10 heavy (non-hydrogen) atoms. The third-order valence-electron chi connectivity index (χ3n) is 1.33. The summed E-state index contributed by atoms with van der Waals surface area (Å²) in [6, 6.07) is 1.45. The largest absolute Gasteiger partial charge is 0.396 e. The maximum absolute atomic E-state index is 12.8. The van der Waals surface area contributed by atoms with Crippen molar-refractivity contribution in [1.82, 2.24) is 4.98 Å². The first-order valence-corrected chi connectivity index (χ1v) is 3.14. The zero-order valence-electron chi connectivity index (χ0n) is 5.76. The summed E-state index contributed by atoms with van der Waals surface area (Å²) in [5, 5.41) is 0. The van der Waals surface area contributed by atoms with Gasteiger partial charge < -0.3 is 5.73 Å². The molecule has 0 bridgehead atoms. The van der Waals surface area contributed by atoms with Crippen LogP contribution in [0.4, 0.5) is 10.1 Å². The monoisotopic (exact) mass is 139 g/mol. The van der Waals surface area contributed by atoms with Crippen molar-refractivity contribution in [3.63, 3.8) is 0 Å². The van der Waals surface area contributed by atoms with Gasteiger partial charge in [0, 0.05) is 6.20 Å². The number of hydrogen-bond acceptors (Lipinski definition) is 2. The second kappa shape index (κ2) is 2.64. The smallest absolute Gasteiger partial charge is 0.167 e. The van der Waals surface area contributed by atoms with E-state index in [2.05, 4.69) is 4.98 Å². The molecule has 0 saturated heterocycles. The Kier molecular flexibility index (Phi) is 1.85. The van der Waals surface area contributed by atoms with Crippen LogP contribution in [-0.2, 0) is 6.42 Å². The summed E-state index contributed by atoms with van der Waals surface area (Å²) in [6.45, 7) is 1.84. The highest BCUT2D eigenvalue weighted by atomic mass is 18.2. The van der Waals surface area contributed by atoms with Gasteiger partial charge in [0.25, 0.3) is 0 Å². The SMILES string of the molecule is CCc1nccc(N)c1[18F]. The van der Waals surface area contributed by atoms with Crippen molar-refractivity contribution in [3.05, 3.63) is 23.8 Å². The first kappa shape index (κ1) is 6.99. The highest BCUT2D eigenvalue weighted by molar-refractivity contribution is 5.39. The predicted molar refractivity (Wildman–Crippen MR) is 38.0 cm³/mol. The minimum atomic E-state index is -0.384. The fourth-order valence-corrected chi connectivity index (χ4v) is 0.750. The Labute approximate surface area is 58.9 Å². The van der Waals surface area contributed by atoms with E-state index in [-0.39, 0.29) is 11.5 Å². The molecule has 0 fully saturated rings. The van der Waals surface area contributed by atoms with E-state index in [1.807, 2.05) is 6.92 Å². The van der Waals surface area contributed by atoms with Crippen molar-refractivity contribution in [2.24, 2.45) is 0 Å². The van der Waals surface area contributed by atoms with Gasteiger partial charge in [0.1, 0.15) is 0 Å². The molecule has 54 valence electrons. The number of nitrogen functional groups attached to an aromatic ring is 1. The Hall–Kier alpha value is -1.12. The van der Waals surface area contributed by atoms with Gasteiger partial charge >= 0.3 is 0 Å². The molecule has 1 aromatic heterocycles. The average molecular weight is 139 g/mol. The number of aryl methyl sites for hydroxylation is 1. The van der Waals surface area contributed by atoms with Gasteiger partial charge in [-0.2, -0.15) is 0 Å². The molecule has 0 aliphatic carbocycles. The van der Waals surface area contributed by atoms with E-state index in [1.165, 1.54) is 12.3 Å². The molecule has 0 spiro atoms. The van der Waals surface area contributed by atoms with Crippen LogP contribution in [0.2, 0.25) is 0 Å². The summed E-state index contributed by atoms with van der Waals surface area (Å²) in [7, 11) is 0. The second-order valence-corrected chi connectivity index (χ2v) is 2.01. The molecular formula is C7H9FN2. The van der Waals surface area contributed by atoms with Crippen molar-refractivity contribution >= 4 is 5.69 Å². The van der Waals surface area contributed by atoms with Crippen LogP contribution in [0.3, 0.4) is 0 Å². The van der Waals surface area contributed by atoms with E-state index in [4.69, 9.17) is 5.73 Å². The molecular weight excluding hydrogens is 130 g/mol. The van der Waals surface area contributed by atoms with E-state index >= 15 is 0 Å². The van der Waals surface area contributed by atoms with Crippen molar-refractivity contribution in [2.45, 2.75) is 13.3 Å². The number of hydrogen-bond donors (Lipinski definition) is 1. The van der Waals surface area contributed by atoms with Crippen LogP contribution in [0.1, 0.15) is 12.6 Å². The molecule has 0 atom stereocenters. The van der Waals surface area contributed by atoms with Gasteiger partial charge in [0.2, 0.25) is 0 Å². The molecule has 0 aliphatic rings. The molecule has 0 aliphatic heterocycles. The average Bonchev–Trinajstić information content (AvgIpc) is 1.95. The molecule has 0 radical (unpaired) electrons. The molecule has 0 amide bonds. The molecule has 2 N–H and O–H groups in total. The number of pyridine rings is 1. The first-order chi connectivity index (χ1) is 4.75. The maximum atomic E-state index is 12.8. The Morgan fingerprint density at radius 2 is 2.40 bits per heavy atom. The van der Waals surface area contributed by atoms with Crippen LogP contribution in [0.5, 0.6) is 0 Å². The van der Waals surface area contributed by atoms with Gasteiger partial charge in [-0.3, -0.25) is 4.98 Å². The van der Waals surface area contributed by atoms with Gasteiger partial charge in [-0.05, 0) is 12.5 Å². The number of halogens is 1. The van der Waals surface area contributed by atoms with E-state index in [0.717, 1.165) is 0 Å². The summed E-state index contributed by atoms with van der Waals surface area (Å²) in [6.07, 6.45) is 2.09. The van der Waals surface area contributed by atoms with E-state index < -0.39 is 0 Å². The summed E-state index contributed by atoms with van der Waals surface area (Å²) in [5.41, 5.74) is 5.88. The van der Waals surface area contributed by atoms with Gasteiger partial charge in [0.15, 0.2) is 5.82 Å². The first-order valence-electron chi connectivity index (χ1n) is 3.14. The summed E-state index contributed by atoms with van der Waals surface area (Å²) in [4.78, 5) is 3.80. The highest BCUT2D eigenvalue weighted by Gasteiger charge is 2.02. The quantitative estimate of drug-likeness (QED) is 0.638. The van der Waals surface area contributed by atoms with Crippen molar-refractivity contribution in [3.8, 4) is 0 Å². The minimum Gasteiger partial charge on any atom is -0.396 e.